The number of halogens is 1. The van der Waals surface area contributed by atoms with E-state index in [2.05, 4.69) is 0 Å². The predicted molar refractivity (Wildman–Crippen MR) is 54.7 cm³/mol. The SMILES string of the molecule is CC(C)(O)CCCCC(C)(C)Cl. The molecule has 0 radical (unpaired) electrons. The average molecular weight is 193 g/mol. The van der Waals surface area contributed by atoms with Crippen molar-refractivity contribution >= 4 is 11.6 Å². The summed E-state index contributed by atoms with van der Waals surface area (Å²) in [5, 5.41) is 9.41. The Morgan fingerprint density at radius 2 is 1.42 bits per heavy atom. The van der Waals surface area contributed by atoms with E-state index in [-0.39, 0.29) is 4.87 Å². The maximum absolute atomic E-state index is 9.41. The molecule has 0 aromatic carbocycles. The van der Waals surface area contributed by atoms with Crippen molar-refractivity contribution in [2.24, 2.45) is 0 Å². The van der Waals surface area contributed by atoms with E-state index in [1.54, 1.807) is 0 Å². The lowest BCUT2D eigenvalue weighted by Crippen LogP contribution is -2.18. The molecule has 0 amide bonds. The van der Waals surface area contributed by atoms with E-state index in [0.717, 1.165) is 25.7 Å². The van der Waals surface area contributed by atoms with Gasteiger partial charge >= 0.3 is 0 Å². The summed E-state index contributed by atoms with van der Waals surface area (Å²) in [5.74, 6) is 0. The zero-order chi connectivity index (χ0) is 9.83. The molecule has 0 aliphatic carbocycles. The standard InChI is InChI=1S/C10H21ClO/c1-9(2,11)7-5-6-8-10(3,4)12/h12H,5-8H2,1-4H3. The van der Waals surface area contributed by atoms with E-state index >= 15 is 0 Å². The Labute approximate surface area is 81.1 Å². The zero-order valence-corrected chi connectivity index (χ0v) is 9.41. The van der Waals surface area contributed by atoms with Gasteiger partial charge in [0.1, 0.15) is 0 Å². The summed E-state index contributed by atoms with van der Waals surface area (Å²) in [5.41, 5.74) is -0.517. The van der Waals surface area contributed by atoms with Gasteiger partial charge in [0.25, 0.3) is 0 Å². The van der Waals surface area contributed by atoms with Gasteiger partial charge in [0.2, 0.25) is 0 Å². The van der Waals surface area contributed by atoms with Crippen molar-refractivity contribution in [3.63, 3.8) is 0 Å². The summed E-state index contributed by atoms with van der Waals surface area (Å²) in [6, 6.07) is 0. The fraction of sp³-hybridized carbons (Fsp3) is 1.00. The monoisotopic (exact) mass is 192 g/mol. The quantitative estimate of drug-likeness (QED) is 0.524. The van der Waals surface area contributed by atoms with E-state index in [4.69, 9.17) is 11.6 Å². The van der Waals surface area contributed by atoms with E-state index in [1.807, 2.05) is 27.7 Å². The lowest BCUT2D eigenvalue weighted by atomic mass is 9.98. The van der Waals surface area contributed by atoms with Gasteiger partial charge in [0, 0.05) is 4.87 Å². The predicted octanol–water partition coefficient (Wildman–Crippen LogP) is 3.34. The first-order valence-corrected chi connectivity index (χ1v) is 5.00. The minimum atomic E-state index is -0.517. The number of hydrogen-bond acceptors (Lipinski definition) is 1. The van der Waals surface area contributed by atoms with Gasteiger partial charge in [-0.25, -0.2) is 0 Å². The summed E-state index contributed by atoms with van der Waals surface area (Å²) in [4.78, 5) is -0.0837. The third-order valence-corrected chi connectivity index (χ3v) is 2.00. The number of hydrogen-bond donors (Lipinski definition) is 1. The second kappa shape index (κ2) is 4.48. The fourth-order valence-electron chi connectivity index (χ4n) is 1.10. The molecule has 0 aromatic rings. The lowest BCUT2D eigenvalue weighted by molar-refractivity contribution is 0.0678. The average Bonchev–Trinajstić information content (AvgIpc) is 1.76. The third kappa shape index (κ3) is 10.2. The lowest BCUT2D eigenvalue weighted by Gasteiger charge is -2.19. The summed E-state index contributed by atoms with van der Waals surface area (Å²) in [6.45, 7) is 7.75. The topological polar surface area (TPSA) is 20.2 Å². The molecule has 74 valence electrons. The minimum absolute atomic E-state index is 0.0837. The van der Waals surface area contributed by atoms with E-state index < -0.39 is 5.60 Å². The molecule has 1 nitrogen and oxygen atoms in total. The van der Waals surface area contributed by atoms with Crippen LogP contribution in [-0.4, -0.2) is 15.6 Å². The third-order valence-electron chi connectivity index (χ3n) is 1.81. The highest BCUT2D eigenvalue weighted by Crippen LogP contribution is 2.22. The van der Waals surface area contributed by atoms with Gasteiger partial charge < -0.3 is 5.11 Å². The first kappa shape index (κ1) is 12.2. The molecule has 1 N–H and O–H groups in total. The molecule has 12 heavy (non-hydrogen) atoms. The first-order valence-electron chi connectivity index (χ1n) is 4.62. The number of rotatable bonds is 5. The molecule has 0 rings (SSSR count). The van der Waals surface area contributed by atoms with Gasteiger partial charge in [0.05, 0.1) is 5.60 Å². The largest absolute Gasteiger partial charge is 0.390 e. The van der Waals surface area contributed by atoms with Crippen LogP contribution in [0.15, 0.2) is 0 Å². The molecule has 2 heteroatoms. The number of alkyl halides is 1. The Balaban J connectivity index is 3.35. The molecular weight excluding hydrogens is 172 g/mol. The van der Waals surface area contributed by atoms with Crippen LogP contribution in [0, 0.1) is 0 Å². The van der Waals surface area contributed by atoms with Crippen molar-refractivity contribution in [2.45, 2.75) is 63.9 Å². The van der Waals surface area contributed by atoms with Crippen LogP contribution in [-0.2, 0) is 0 Å². The van der Waals surface area contributed by atoms with Crippen LogP contribution < -0.4 is 0 Å². The van der Waals surface area contributed by atoms with Crippen molar-refractivity contribution in [1.82, 2.24) is 0 Å². The molecule has 0 fully saturated rings. The Bertz CT molecular complexity index is 103. The van der Waals surface area contributed by atoms with Crippen LogP contribution in [0.2, 0.25) is 0 Å². The van der Waals surface area contributed by atoms with Crippen LogP contribution >= 0.6 is 11.6 Å². The van der Waals surface area contributed by atoms with Crippen LogP contribution in [0.25, 0.3) is 0 Å². The number of aliphatic hydroxyl groups is 1. The molecule has 0 atom stereocenters. The van der Waals surface area contributed by atoms with Gasteiger partial charge in [-0.2, -0.15) is 0 Å². The van der Waals surface area contributed by atoms with Crippen LogP contribution in [0.4, 0.5) is 0 Å². The van der Waals surface area contributed by atoms with Crippen LogP contribution in [0.1, 0.15) is 53.4 Å². The maximum Gasteiger partial charge on any atom is 0.0591 e. The summed E-state index contributed by atoms with van der Waals surface area (Å²) >= 11 is 6.02. The molecule has 0 saturated carbocycles. The van der Waals surface area contributed by atoms with E-state index in [0.29, 0.717) is 0 Å². The minimum Gasteiger partial charge on any atom is -0.390 e. The van der Waals surface area contributed by atoms with Crippen LogP contribution in [0.3, 0.4) is 0 Å². The van der Waals surface area contributed by atoms with E-state index in [9.17, 15) is 5.11 Å². The number of unbranched alkanes of at least 4 members (excludes halogenated alkanes) is 1. The molecule has 0 saturated heterocycles. The van der Waals surface area contributed by atoms with Crippen molar-refractivity contribution in [2.75, 3.05) is 0 Å². The maximum atomic E-state index is 9.41. The van der Waals surface area contributed by atoms with Crippen molar-refractivity contribution < 1.29 is 5.11 Å². The Morgan fingerprint density at radius 1 is 1.00 bits per heavy atom. The highest BCUT2D eigenvalue weighted by atomic mass is 35.5. The second-order valence-electron chi connectivity index (χ2n) is 4.74. The van der Waals surface area contributed by atoms with Gasteiger partial charge in [0.15, 0.2) is 0 Å². The summed E-state index contributed by atoms with van der Waals surface area (Å²) < 4.78 is 0. The molecule has 0 spiro atoms. The highest BCUT2D eigenvalue weighted by molar-refractivity contribution is 6.23. The van der Waals surface area contributed by atoms with Gasteiger partial charge in [-0.15, -0.1) is 11.6 Å². The van der Waals surface area contributed by atoms with Crippen molar-refractivity contribution in [3.8, 4) is 0 Å². The Morgan fingerprint density at radius 3 is 1.75 bits per heavy atom. The molecular formula is C10H21ClO. The summed E-state index contributed by atoms with van der Waals surface area (Å²) in [7, 11) is 0. The highest BCUT2D eigenvalue weighted by Gasteiger charge is 2.15. The smallest absolute Gasteiger partial charge is 0.0591 e. The fourth-order valence-corrected chi connectivity index (χ4v) is 1.24. The molecule has 0 heterocycles. The molecule has 0 aromatic heterocycles. The Kier molecular flexibility index (Phi) is 4.57. The Hall–Kier alpha value is 0.250. The van der Waals surface area contributed by atoms with Gasteiger partial charge in [-0.1, -0.05) is 12.8 Å². The van der Waals surface area contributed by atoms with Crippen LogP contribution in [0.5, 0.6) is 0 Å². The summed E-state index contributed by atoms with van der Waals surface area (Å²) in [6.07, 6.45) is 4.03. The van der Waals surface area contributed by atoms with Crippen molar-refractivity contribution in [3.05, 3.63) is 0 Å². The van der Waals surface area contributed by atoms with E-state index in [1.165, 1.54) is 0 Å². The van der Waals surface area contributed by atoms with Gasteiger partial charge in [-0.05, 0) is 40.5 Å². The molecule has 0 unspecified atom stereocenters. The first-order chi connectivity index (χ1) is 5.21. The molecule has 0 aliphatic rings. The molecule has 0 aliphatic heterocycles. The second-order valence-corrected chi connectivity index (χ2v) is 5.76. The van der Waals surface area contributed by atoms with Gasteiger partial charge in [-0.3, -0.25) is 0 Å². The normalized spacial score (nSPS) is 13.5. The zero-order valence-electron chi connectivity index (χ0n) is 8.65. The van der Waals surface area contributed by atoms with Crippen molar-refractivity contribution in [1.29, 1.82) is 0 Å². The molecule has 0 bridgehead atoms.